The summed E-state index contributed by atoms with van der Waals surface area (Å²) in [4.78, 5) is 37.3. The second-order valence-corrected chi connectivity index (χ2v) is 13.2. The Kier molecular flexibility index (Phi) is 6.06. The molecule has 1 aromatic heterocycles. The van der Waals surface area contributed by atoms with Crippen molar-refractivity contribution in [2.45, 2.75) is 37.3 Å². The SMILES string of the molecule is Cc1ccc(C(=O)C2C(c3cc4ccccc4nc3N3NNc4ccccc43)C3CCCN3C23C(=O)Nc2ccc(Cl)cc23)cc1. The molecular formula is C37H31ClN6O2. The van der Waals surface area contributed by atoms with E-state index < -0.39 is 11.5 Å². The van der Waals surface area contributed by atoms with E-state index in [2.05, 4.69) is 33.3 Å². The summed E-state index contributed by atoms with van der Waals surface area (Å²) in [6.07, 6.45) is 1.77. The van der Waals surface area contributed by atoms with Crippen LogP contribution in [0.5, 0.6) is 0 Å². The van der Waals surface area contributed by atoms with Crippen LogP contribution < -0.4 is 21.3 Å². The Balaban J connectivity index is 1.33. The average molecular weight is 627 g/mol. The number of para-hydroxylation sites is 3. The lowest BCUT2D eigenvalue weighted by atomic mass is 9.68. The van der Waals surface area contributed by atoms with Crippen LogP contribution in [0.3, 0.4) is 0 Å². The van der Waals surface area contributed by atoms with Gasteiger partial charge in [0.1, 0.15) is 5.54 Å². The number of nitrogens with zero attached hydrogens (tertiary/aromatic N) is 3. The number of hydrogen-bond donors (Lipinski definition) is 3. The molecule has 0 aliphatic carbocycles. The number of Topliss-reactive ketones (excluding diaryl/α,β-unsaturated/α-hetero) is 1. The number of carbonyl (C=O) groups is 2. The molecule has 228 valence electrons. The largest absolute Gasteiger partial charge is 0.324 e. The van der Waals surface area contributed by atoms with Gasteiger partial charge in [-0.15, -0.1) is 5.53 Å². The van der Waals surface area contributed by atoms with Crippen molar-refractivity contribution in [2.24, 2.45) is 5.92 Å². The lowest BCUT2D eigenvalue weighted by molar-refractivity contribution is -0.127. The first-order valence-corrected chi connectivity index (χ1v) is 16.1. The van der Waals surface area contributed by atoms with E-state index in [9.17, 15) is 4.79 Å². The van der Waals surface area contributed by atoms with Crippen LogP contribution in [0.1, 0.15) is 45.8 Å². The molecule has 0 bridgehead atoms. The van der Waals surface area contributed by atoms with E-state index in [-0.39, 0.29) is 23.7 Å². The zero-order valence-electron chi connectivity index (χ0n) is 25.1. The first-order valence-electron chi connectivity index (χ1n) is 15.7. The molecule has 9 heteroatoms. The molecule has 8 nitrogen and oxygen atoms in total. The molecular weight excluding hydrogens is 596 g/mol. The van der Waals surface area contributed by atoms with Crippen LogP contribution in [0.2, 0.25) is 5.02 Å². The van der Waals surface area contributed by atoms with Gasteiger partial charge in [0, 0.05) is 44.7 Å². The fraction of sp³-hybridized carbons (Fsp3) is 0.216. The quantitative estimate of drug-likeness (QED) is 0.184. The molecule has 4 unspecified atom stereocenters. The Morgan fingerprint density at radius 2 is 1.76 bits per heavy atom. The van der Waals surface area contributed by atoms with Crippen molar-refractivity contribution in [2.75, 3.05) is 22.3 Å². The lowest BCUT2D eigenvalue weighted by Gasteiger charge is -2.37. The summed E-state index contributed by atoms with van der Waals surface area (Å²) in [7, 11) is 0. The van der Waals surface area contributed by atoms with Gasteiger partial charge in [0.2, 0.25) is 5.91 Å². The molecule has 5 aromatic rings. The van der Waals surface area contributed by atoms with Crippen LogP contribution in [0, 0.1) is 12.8 Å². The van der Waals surface area contributed by atoms with Crippen molar-refractivity contribution < 1.29 is 9.59 Å². The number of ketones is 1. The first-order chi connectivity index (χ1) is 22.4. The highest BCUT2D eigenvalue weighted by molar-refractivity contribution is 6.31. The molecule has 1 spiro atoms. The maximum absolute atomic E-state index is 15.2. The van der Waals surface area contributed by atoms with E-state index in [1.54, 1.807) is 6.07 Å². The molecule has 5 heterocycles. The maximum atomic E-state index is 15.2. The third kappa shape index (κ3) is 3.78. The molecule has 9 rings (SSSR count). The minimum atomic E-state index is -1.23. The molecule has 4 aliphatic heterocycles. The smallest absolute Gasteiger partial charge is 0.250 e. The minimum Gasteiger partial charge on any atom is -0.324 e. The Hall–Kier alpha value is -4.76. The number of rotatable bonds is 4. The Morgan fingerprint density at radius 3 is 2.63 bits per heavy atom. The molecule has 46 heavy (non-hydrogen) atoms. The summed E-state index contributed by atoms with van der Waals surface area (Å²) in [6.45, 7) is 2.70. The van der Waals surface area contributed by atoms with Crippen LogP contribution in [0.15, 0.2) is 97.1 Å². The summed E-state index contributed by atoms with van der Waals surface area (Å²) < 4.78 is 0. The molecule has 4 aromatic carbocycles. The van der Waals surface area contributed by atoms with E-state index in [1.807, 2.05) is 90.8 Å². The molecule has 1 amide bonds. The van der Waals surface area contributed by atoms with Crippen LogP contribution in [-0.4, -0.2) is 34.2 Å². The normalized spacial score (nSPS) is 24.6. The Morgan fingerprint density at radius 1 is 0.957 bits per heavy atom. The molecule has 4 aliphatic rings. The molecule has 3 N–H and O–H groups in total. The van der Waals surface area contributed by atoms with Gasteiger partial charge < -0.3 is 10.7 Å². The molecule has 0 radical (unpaired) electrons. The summed E-state index contributed by atoms with van der Waals surface area (Å²) >= 11 is 6.64. The fourth-order valence-electron chi connectivity index (χ4n) is 8.44. The van der Waals surface area contributed by atoms with Crippen molar-refractivity contribution >= 4 is 57.1 Å². The summed E-state index contributed by atoms with van der Waals surface area (Å²) in [5, 5.41) is 6.64. The van der Waals surface area contributed by atoms with Crippen LogP contribution >= 0.6 is 11.6 Å². The average Bonchev–Trinajstić information content (AvgIpc) is 3.84. The third-order valence-electron chi connectivity index (χ3n) is 10.3. The van der Waals surface area contributed by atoms with Crippen molar-refractivity contribution in [3.8, 4) is 0 Å². The van der Waals surface area contributed by atoms with Crippen LogP contribution in [0.25, 0.3) is 10.9 Å². The van der Waals surface area contributed by atoms with Gasteiger partial charge in [0.05, 0.1) is 22.8 Å². The van der Waals surface area contributed by atoms with E-state index in [4.69, 9.17) is 16.6 Å². The van der Waals surface area contributed by atoms with E-state index in [1.165, 1.54) is 0 Å². The van der Waals surface area contributed by atoms with E-state index in [0.29, 0.717) is 28.6 Å². The predicted octanol–water partition coefficient (Wildman–Crippen LogP) is 7.09. The highest BCUT2D eigenvalue weighted by Gasteiger charge is 2.69. The Bertz CT molecular complexity index is 2080. The van der Waals surface area contributed by atoms with Gasteiger partial charge in [-0.25, -0.2) is 9.99 Å². The molecule has 2 fully saturated rings. The van der Waals surface area contributed by atoms with Crippen molar-refractivity contribution in [1.29, 1.82) is 0 Å². The van der Waals surface area contributed by atoms with Crippen LogP contribution in [0.4, 0.5) is 22.9 Å². The Labute approximate surface area is 271 Å². The van der Waals surface area contributed by atoms with Gasteiger partial charge in [-0.2, -0.15) is 0 Å². The number of pyridine rings is 1. The number of amides is 1. The maximum Gasteiger partial charge on any atom is 0.250 e. The van der Waals surface area contributed by atoms with Crippen molar-refractivity contribution in [3.05, 3.63) is 124 Å². The summed E-state index contributed by atoms with van der Waals surface area (Å²) in [5.74, 6) is -0.626. The van der Waals surface area contributed by atoms with E-state index >= 15 is 4.79 Å². The summed E-state index contributed by atoms with van der Waals surface area (Å²) in [5.41, 5.74) is 12.1. The third-order valence-corrected chi connectivity index (χ3v) is 10.6. The lowest BCUT2D eigenvalue weighted by Crippen LogP contribution is -2.52. The number of benzene rings is 4. The number of aromatic nitrogens is 1. The second-order valence-electron chi connectivity index (χ2n) is 12.7. The van der Waals surface area contributed by atoms with E-state index in [0.717, 1.165) is 51.8 Å². The molecule has 4 atom stereocenters. The number of halogens is 1. The second kappa shape index (κ2) is 10.1. The number of aryl methyl sites for hydroxylation is 1. The van der Waals surface area contributed by atoms with Crippen molar-refractivity contribution in [1.82, 2.24) is 15.4 Å². The summed E-state index contributed by atoms with van der Waals surface area (Å²) in [6, 6.07) is 31.4. The van der Waals surface area contributed by atoms with Gasteiger partial charge in [-0.1, -0.05) is 71.8 Å². The predicted molar refractivity (Wildman–Crippen MR) is 180 cm³/mol. The van der Waals surface area contributed by atoms with Crippen LogP contribution in [-0.2, 0) is 10.3 Å². The van der Waals surface area contributed by atoms with Gasteiger partial charge in [0.15, 0.2) is 11.6 Å². The standard InChI is InChI=1S/C37H31ClN6O2/c1-21-12-14-22(15-13-21)34(45)33-32(31-11-6-18-43(31)37(33)26-20-24(38)16-17-28(26)40-36(37)46)25-19-23-7-2-3-8-27(23)39-35(25)44-30-10-5-4-9-29(30)41-42-44/h2-5,7-10,12-17,19-20,31-33,41-42H,6,11,18H2,1H3,(H,40,46). The minimum absolute atomic E-state index is 0.0607. The van der Waals surface area contributed by atoms with Gasteiger partial charge >= 0.3 is 0 Å². The number of hydrogen-bond acceptors (Lipinski definition) is 7. The number of hydrazine groups is 2. The number of carbonyl (C=O) groups excluding carboxylic acids is 2. The van der Waals surface area contributed by atoms with Crippen molar-refractivity contribution in [3.63, 3.8) is 0 Å². The number of anilines is 4. The highest BCUT2D eigenvalue weighted by atomic mass is 35.5. The number of fused-ring (bicyclic) bond motifs is 6. The highest BCUT2D eigenvalue weighted by Crippen LogP contribution is 2.62. The van der Waals surface area contributed by atoms with Gasteiger partial charge in [-0.05, 0) is 68.8 Å². The van der Waals surface area contributed by atoms with Gasteiger partial charge in [0.25, 0.3) is 0 Å². The topological polar surface area (TPSA) is 89.6 Å². The first kappa shape index (κ1) is 27.5. The fourth-order valence-corrected chi connectivity index (χ4v) is 8.61. The number of nitrogens with one attached hydrogen (secondary N) is 3. The monoisotopic (exact) mass is 626 g/mol. The van der Waals surface area contributed by atoms with Gasteiger partial charge in [-0.3, -0.25) is 14.5 Å². The molecule has 0 saturated carbocycles. The zero-order valence-corrected chi connectivity index (χ0v) is 25.9. The zero-order chi connectivity index (χ0) is 31.2. The molecule has 2 saturated heterocycles.